The number of para-hydroxylation sites is 2. The second kappa shape index (κ2) is 4.23. The van der Waals surface area contributed by atoms with Crippen LogP contribution in [0.4, 0.5) is 18.9 Å². The maximum absolute atomic E-state index is 12.0. The standard InChI is InChI=1S/C11H12F3NO/c12-11(13,14)7-16-10-4-2-1-3-9(10)15-8-5-6-8/h1-4,8,15H,5-7H2. The minimum atomic E-state index is -4.30. The minimum Gasteiger partial charge on any atom is -0.482 e. The molecule has 5 heteroatoms. The Kier molecular flexibility index (Phi) is 2.94. The highest BCUT2D eigenvalue weighted by molar-refractivity contribution is 5.57. The summed E-state index contributed by atoms with van der Waals surface area (Å²) in [5, 5.41) is 3.13. The number of rotatable bonds is 4. The van der Waals surface area contributed by atoms with Gasteiger partial charge in [0.1, 0.15) is 5.75 Å². The average Bonchev–Trinajstić information content (AvgIpc) is 2.99. The Labute approximate surface area is 91.4 Å². The normalized spacial score (nSPS) is 15.9. The van der Waals surface area contributed by atoms with E-state index in [0.717, 1.165) is 12.8 Å². The molecule has 16 heavy (non-hydrogen) atoms. The molecule has 88 valence electrons. The first-order chi connectivity index (χ1) is 7.54. The summed E-state index contributed by atoms with van der Waals surface area (Å²) in [6.07, 6.45) is -2.17. The van der Waals surface area contributed by atoms with E-state index in [-0.39, 0.29) is 5.75 Å². The molecule has 1 aliphatic rings. The SMILES string of the molecule is FC(F)(F)COc1ccccc1NC1CC1. The van der Waals surface area contributed by atoms with Crippen LogP contribution in [0.25, 0.3) is 0 Å². The summed E-state index contributed by atoms with van der Waals surface area (Å²) in [6, 6.07) is 7.07. The molecule has 1 aromatic rings. The van der Waals surface area contributed by atoms with Crippen molar-refractivity contribution in [3.63, 3.8) is 0 Å². The molecule has 1 aliphatic carbocycles. The van der Waals surface area contributed by atoms with Gasteiger partial charge in [-0.15, -0.1) is 0 Å². The lowest BCUT2D eigenvalue weighted by molar-refractivity contribution is -0.153. The summed E-state index contributed by atoms with van der Waals surface area (Å²) >= 11 is 0. The Morgan fingerprint density at radius 2 is 1.94 bits per heavy atom. The summed E-state index contributed by atoms with van der Waals surface area (Å²) in [4.78, 5) is 0. The lowest BCUT2D eigenvalue weighted by Gasteiger charge is -2.13. The Morgan fingerprint density at radius 3 is 2.56 bits per heavy atom. The Balaban J connectivity index is 2.00. The van der Waals surface area contributed by atoms with Crippen molar-refractivity contribution in [2.75, 3.05) is 11.9 Å². The second-order valence-corrected chi connectivity index (χ2v) is 3.82. The third-order valence-electron chi connectivity index (χ3n) is 2.22. The van der Waals surface area contributed by atoms with Crippen molar-refractivity contribution in [2.24, 2.45) is 0 Å². The number of anilines is 1. The van der Waals surface area contributed by atoms with Gasteiger partial charge in [0.2, 0.25) is 0 Å². The lowest BCUT2D eigenvalue weighted by atomic mass is 10.3. The zero-order valence-electron chi connectivity index (χ0n) is 8.55. The molecule has 1 saturated carbocycles. The van der Waals surface area contributed by atoms with Gasteiger partial charge in [0.15, 0.2) is 6.61 Å². The molecule has 0 radical (unpaired) electrons. The molecule has 0 atom stereocenters. The summed E-state index contributed by atoms with van der Waals surface area (Å²) < 4.78 is 40.8. The van der Waals surface area contributed by atoms with Crippen LogP contribution in [0.2, 0.25) is 0 Å². The first kappa shape index (κ1) is 11.1. The summed E-state index contributed by atoms with van der Waals surface area (Å²) in [7, 11) is 0. The molecular weight excluding hydrogens is 219 g/mol. The van der Waals surface area contributed by atoms with E-state index >= 15 is 0 Å². The maximum Gasteiger partial charge on any atom is 0.422 e. The van der Waals surface area contributed by atoms with Gasteiger partial charge in [-0.25, -0.2) is 0 Å². The van der Waals surface area contributed by atoms with Crippen molar-refractivity contribution in [3.05, 3.63) is 24.3 Å². The smallest absolute Gasteiger partial charge is 0.422 e. The van der Waals surface area contributed by atoms with E-state index < -0.39 is 12.8 Å². The Bertz CT molecular complexity index is 360. The van der Waals surface area contributed by atoms with Crippen LogP contribution in [-0.4, -0.2) is 18.8 Å². The summed E-state index contributed by atoms with van der Waals surface area (Å²) in [5.41, 5.74) is 0.634. The molecule has 0 saturated heterocycles. The van der Waals surface area contributed by atoms with Crippen LogP contribution in [0, 0.1) is 0 Å². The quantitative estimate of drug-likeness (QED) is 0.859. The Hall–Kier alpha value is -1.39. The highest BCUT2D eigenvalue weighted by Gasteiger charge is 2.29. The molecule has 0 bridgehead atoms. The van der Waals surface area contributed by atoms with Gasteiger partial charge in [0.05, 0.1) is 5.69 Å². The third-order valence-corrected chi connectivity index (χ3v) is 2.22. The number of hydrogen-bond donors (Lipinski definition) is 1. The fourth-order valence-corrected chi connectivity index (χ4v) is 1.32. The maximum atomic E-state index is 12.0. The largest absolute Gasteiger partial charge is 0.482 e. The number of hydrogen-bond acceptors (Lipinski definition) is 2. The topological polar surface area (TPSA) is 21.3 Å². The van der Waals surface area contributed by atoms with Crippen LogP contribution in [0.1, 0.15) is 12.8 Å². The van der Waals surface area contributed by atoms with Crippen molar-refractivity contribution in [1.29, 1.82) is 0 Å². The molecule has 0 aliphatic heterocycles. The van der Waals surface area contributed by atoms with Gasteiger partial charge >= 0.3 is 6.18 Å². The van der Waals surface area contributed by atoms with Crippen LogP contribution in [-0.2, 0) is 0 Å². The van der Waals surface area contributed by atoms with Crippen molar-refractivity contribution >= 4 is 5.69 Å². The van der Waals surface area contributed by atoms with Crippen molar-refractivity contribution < 1.29 is 17.9 Å². The van der Waals surface area contributed by atoms with Crippen LogP contribution in [0.3, 0.4) is 0 Å². The predicted molar refractivity (Wildman–Crippen MR) is 54.6 cm³/mol. The fraction of sp³-hybridized carbons (Fsp3) is 0.455. The highest BCUT2D eigenvalue weighted by Crippen LogP contribution is 2.31. The number of alkyl halides is 3. The molecular formula is C11H12F3NO. The van der Waals surface area contributed by atoms with E-state index in [2.05, 4.69) is 5.32 Å². The average molecular weight is 231 g/mol. The van der Waals surface area contributed by atoms with E-state index in [4.69, 9.17) is 4.74 Å². The van der Waals surface area contributed by atoms with Crippen molar-refractivity contribution in [2.45, 2.75) is 25.1 Å². The molecule has 1 aromatic carbocycles. The number of benzene rings is 1. The van der Waals surface area contributed by atoms with E-state index in [0.29, 0.717) is 11.7 Å². The van der Waals surface area contributed by atoms with Gasteiger partial charge < -0.3 is 10.1 Å². The monoisotopic (exact) mass is 231 g/mol. The van der Waals surface area contributed by atoms with Crippen LogP contribution >= 0.6 is 0 Å². The number of ether oxygens (including phenoxy) is 1. The van der Waals surface area contributed by atoms with E-state index in [1.165, 1.54) is 6.07 Å². The van der Waals surface area contributed by atoms with Crippen molar-refractivity contribution in [1.82, 2.24) is 0 Å². The molecule has 0 amide bonds. The van der Waals surface area contributed by atoms with Crippen LogP contribution < -0.4 is 10.1 Å². The molecule has 2 rings (SSSR count). The second-order valence-electron chi connectivity index (χ2n) is 3.82. The molecule has 0 heterocycles. The van der Waals surface area contributed by atoms with Gasteiger partial charge in [-0.05, 0) is 25.0 Å². The summed E-state index contributed by atoms with van der Waals surface area (Å²) in [5.74, 6) is 0.256. The van der Waals surface area contributed by atoms with Gasteiger partial charge in [-0.2, -0.15) is 13.2 Å². The highest BCUT2D eigenvalue weighted by atomic mass is 19.4. The Morgan fingerprint density at radius 1 is 1.25 bits per heavy atom. The molecule has 1 N–H and O–H groups in total. The third kappa shape index (κ3) is 3.32. The predicted octanol–water partition coefficient (Wildman–Crippen LogP) is 3.20. The number of nitrogens with one attached hydrogen (secondary N) is 1. The van der Waals surface area contributed by atoms with E-state index in [1.807, 2.05) is 0 Å². The summed E-state index contributed by atoms with van der Waals surface area (Å²) in [6.45, 7) is -1.25. The van der Waals surface area contributed by atoms with E-state index in [9.17, 15) is 13.2 Å². The first-order valence-corrected chi connectivity index (χ1v) is 5.10. The lowest BCUT2D eigenvalue weighted by Crippen LogP contribution is -2.19. The molecule has 1 fully saturated rings. The van der Waals surface area contributed by atoms with Gasteiger partial charge in [-0.1, -0.05) is 12.1 Å². The van der Waals surface area contributed by atoms with Crippen LogP contribution in [0.15, 0.2) is 24.3 Å². The van der Waals surface area contributed by atoms with Crippen LogP contribution in [0.5, 0.6) is 5.75 Å². The fourth-order valence-electron chi connectivity index (χ4n) is 1.32. The van der Waals surface area contributed by atoms with Gasteiger partial charge in [0, 0.05) is 6.04 Å². The first-order valence-electron chi connectivity index (χ1n) is 5.10. The van der Waals surface area contributed by atoms with Crippen molar-refractivity contribution in [3.8, 4) is 5.75 Å². The van der Waals surface area contributed by atoms with E-state index in [1.54, 1.807) is 18.2 Å². The number of halogens is 3. The zero-order chi connectivity index (χ0) is 11.6. The van der Waals surface area contributed by atoms with Gasteiger partial charge in [0.25, 0.3) is 0 Å². The zero-order valence-corrected chi connectivity index (χ0v) is 8.55. The minimum absolute atomic E-state index is 0.256. The molecule has 2 nitrogen and oxygen atoms in total. The molecule has 0 spiro atoms. The molecule has 0 unspecified atom stereocenters. The molecule has 0 aromatic heterocycles. The van der Waals surface area contributed by atoms with Gasteiger partial charge in [-0.3, -0.25) is 0 Å².